The molecular weight excluding hydrogens is 240 g/mol. The fraction of sp³-hybridized carbons (Fsp3) is 0.467. The van der Waals surface area contributed by atoms with E-state index in [0.29, 0.717) is 12.5 Å². The van der Waals surface area contributed by atoms with Gasteiger partial charge in [0, 0.05) is 5.92 Å². The second-order valence-corrected chi connectivity index (χ2v) is 5.19. The zero-order chi connectivity index (χ0) is 13.1. The Morgan fingerprint density at radius 2 is 2.21 bits per heavy atom. The van der Waals surface area contributed by atoms with Crippen molar-refractivity contribution in [2.45, 2.75) is 25.3 Å². The van der Waals surface area contributed by atoms with Gasteiger partial charge in [0.1, 0.15) is 5.75 Å². The van der Waals surface area contributed by atoms with Crippen LogP contribution in [-0.2, 0) is 11.2 Å². The van der Waals surface area contributed by atoms with Crippen LogP contribution in [0.15, 0.2) is 36.1 Å². The maximum atomic E-state index is 5.85. The van der Waals surface area contributed by atoms with Crippen LogP contribution in [0.1, 0.15) is 18.4 Å². The molecule has 2 unspecified atom stereocenters. The van der Waals surface area contributed by atoms with Crippen molar-refractivity contribution in [3.63, 3.8) is 0 Å². The van der Waals surface area contributed by atoms with Crippen LogP contribution in [0.3, 0.4) is 0 Å². The predicted octanol–water partition coefficient (Wildman–Crippen LogP) is 1.76. The Bertz CT molecular complexity index is 473. The van der Waals surface area contributed by atoms with E-state index in [1.54, 1.807) is 0 Å². The summed E-state index contributed by atoms with van der Waals surface area (Å²) in [6.07, 6.45) is 4.97. The third-order valence-corrected chi connectivity index (χ3v) is 3.92. The average molecular weight is 260 g/mol. The van der Waals surface area contributed by atoms with Gasteiger partial charge in [-0.1, -0.05) is 18.2 Å². The zero-order valence-electron chi connectivity index (χ0n) is 11.0. The molecule has 1 aromatic rings. The maximum Gasteiger partial charge on any atom is 0.122 e. The highest BCUT2D eigenvalue weighted by molar-refractivity contribution is 5.35. The molecule has 2 atom stereocenters. The first-order valence-electron chi connectivity index (χ1n) is 6.86. The minimum absolute atomic E-state index is 0.133. The van der Waals surface area contributed by atoms with Crippen LogP contribution in [0, 0.1) is 5.92 Å². The fourth-order valence-corrected chi connectivity index (χ4v) is 2.92. The van der Waals surface area contributed by atoms with Gasteiger partial charge in [-0.15, -0.1) is 0 Å². The molecule has 3 N–H and O–H groups in total. The summed E-state index contributed by atoms with van der Waals surface area (Å²) in [5.41, 5.74) is 5.46. The van der Waals surface area contributed by atoms with E-state index in [1.807, 2.05) is 18.4 Å². The molecule has 2 heterocycles. The summed E-state index contributed by atoms with van der Waals surface area (Å²) in [4.78, 5) is 0. The number of para-hydroxylation sites is 1. The Labute approximate surface area is 113 Å². The Balaban J connectivity index is 1.77. The number of rotatable bonds is 3. The molecule has 102 valence electrons. The summed E-state index contributed by atoms with van der Waals surface area (Å²) < 4.78 is 11.3. The molecule has 0 amide bonds. The fourth-order valence-electron chi connectivity index (χ4n) is 2.92. The van der Waals surface area contributed by atoms with Crippen molar-refractivity contribution in [3.05, 3.63) is 41.7 Å². The van der Waals surface area contributed by atoms with E-state index < -0.39 is 0 Å². The highest BCUT2D eigenvalue weighted by Gasteiger charge is 2.29. The van der Waals surface area contributed by atoms with Gasteiger partial charge in [-0.25, -0.2) is 0 Å². The summed E-state index contributed by atoms with van der Waals surface area (Å²) in [6, 6.07) is 8.35. The van der Waals surface area contributed by atoms with Gasteiger partial charge >= 0.3 is 0 Å². The lowest BCUT2D eigenvalue weighted by Crippen LogP contribution is -2.46. The molecule has 0 saturated heterocycles. The number of hydrazine groups is 1. The minimum atomic E-state index is 0.133. The quantitative estimate of drug-likeness (QED) is 0.642. The lowest BCUT2D eigenvalue weighted by atomic mass is 9.85. The number of nitrogens with two attached hydrogens (primary N) is 1. The van der Waals surface area contributed by atoms with Crippen LogP contribution in [0.5, 0.6) is 5.75 Å². The predicted molar refractivity (Wildman–Crippen MR) is 73.5 cm³/mol. The number of nitrogens with one attached hydrogen (secondary N) is 1. The van der Waals surface area contributed by atoms with E-state index in [9.17, 15) is 0 Å². The monoisotopic (exact) mass is 260 g/mol. The van der Waals surface area contributed by atoms with Crippen LogP contribution in [-0.4, -0.2) is 19.3 Å². The van der Waals surface area contributed by atoms with Crippen molar-refractivity contribution in [3.8, 4) is 5.75 Å². The van der Waals surface area contributed by atoms with Crippen molar-refractivity contribution in [2.24, 2.45) is 11.8 Å². The Morgan fingerprint density at radius 3 is 3.00 bits per heavy atom. The maximum absolute atomic E-state index is 5.85. The molecule has 2 aliphatic heterocycles. The molecule has 4 heteroatoms. The first-order chi connectivity index (χ1) is 9.38. The number of hydrogen-bond donors (Lipinski definition) is 2. The van der Waals surface area contributed by atoms with Gasteiger partial charge in [0.05, 0.1) is 25.5 Å². The molecule has 1 aromatic carbocycles. The largest absolute Gasteiger partial charge is 0.501 e. The van der Waals surface area contributed by atoms with Gasteiger partial charge in [0.25, 0.3) is 0 Å². The Kier molecular flexibility index (Phi) is 3.71. The van der Waals surface area contributed by atoms with Gasteiger partial charge in [-0.3, -0.25) is 11.3 Å². The summed E-state index contributed by atoms with van der Waals surface area (Å²) in [5.74, 6) is 7.11. The SMILES string of the molecule is NNC(C1=COCCC1)C1COc2ccccc2C1. The van der Waals surface area contributed by atoms with Crippen molar-refractivity contribution in [2.75, 3.05) is 13.2 Å². The van der Waals surface area contributed by atoms with Crippen molar-refractivity contribution in [1.82, 2.24) is 5.43 Å². The van der Waals surface area contributed by atoms with Crippen molar-refractivity contribution < 1.29 is 9.47 Å². The molecule has 4 nitrogen and oxygen atoms in total. The minimum Gasteiger partial charge on any atom is -0.501 e. The third-order valence-electron chi connectivity index (χ3n) is 3.92. The van der Waals surface area contributed by atoms with Crippen LogP contribution in [0.25, 0.3) is 0 Å². The van der Waals surface area contributed by atoms with E-state index in [2.05, 4.69) is 17.6 Å². The Morgan fingerprint density at radius 1 is 1.32 bits per heavy atom. The smallest absolute Gasteiger partial charge is 0.122 e. The molecule has 0 aliphatic carbocycles. The standard InChI is InChI=1S/C15H20N2O2/c16-17-15(12-5-3-7-18-9-12)13-8-11-4-1-2-6-14(11)19-10-13/h1-2,4,6,9,13,15,17H,3,5,7-8,10,16H2. The molecule has 19 heavy (non-hydrogen) atoms. The lowest BCUT2D eigenvalue weighted by Gasteiger charge is -2.33. The number of benzene rings is 1. The van der Waals surface area contributed by atoms with E-state index in [4.69, 9.17) is 15.3 Å². The summed E-state index contributed by atoms with van der Waals surface area (Å²) in [5, 5.41) is 0. The molecule has 0 aromatic heterocycles. The second-order valence-electron chi connectivity index (χ2n) is 5.19. The molecule has 0 spiro atoms. The van der Waals surface area contributed by atoms with Gasteiger partial charge < -0.3 is 9.47 Å². The molecular formula is C15H20N2O2. The summed E-state index contributed by atoms with van der Waals surface area (Å²) in [7, 11) is 0. The first kappa shape index (κ1) is 12.5. The normalized spacial score (nSPS) is 23.6. The molecule has 0 fully saturated rings. The van der Waals surface area contributed by atoms with E-state index in [0.717, 1.165) is 31.6 Å². The van der Waals surface area contributed by atoms with E-state index in [-0.39, 0.29) is 6.04 Å². The molecule has 0 radical (unpaired) electrons. The number of fused-ring (bicyclic) bond motifs is 1. The summed E-state index contributed by atoms with van der Waals surface area (Å²) in [6.45, 7) is 1.51. The molecule has 0 saturated carbocycles. The van der Waals surface area contributed by atoms with Gasteiger partial charge in [-0.05, 0) is 36.5 Å². The lowest BCUT2D eigenvalue weighted by molar-refractivity contribution is 0.178. The van der Waals surface area contributed by atoms with Crippen molar-refractivity contribution in [1.29, 1.82) is 0 Å². The molecule has 2 aliphatic rings. The van der Waals surface area contributed by atoms with Gasteiger partial charge in [0.2, 0.25) is 0 Å². The molecule has 3 rings (SSSR count). The highest BCUT2D eigenvalue weighted by atomic mass is 16.5. The van der Waals surface area contributed by atoms with Crippen LogP contribution >= 0.6 is 0 Å². The number of ether oxygens (including phenoxy) is 2. The van der Waals surface area contributed by atoms with Gasteiger partial charge in [0.15, 0.2) is 0 Å². The first-order valence-corrected chi connectivity index (χ1v) is 6.86. The van der Waals surface area contributed by atoms with Crippen LogP contribution in [0.2, 0.25) is 0 Å². The average Bonchev–Trinajstić information content (AvgIpc) is 2.49. The second kappa shape index (κ2) is 5.63. The Hall–Kier alpha value is -1.52. The third kappa shape index (κ3) is 2.60. The van der Waals surface area contributed by atoms with E-state index in [1.165, 1.54) is 11.1 Å². The topological polar surface area (TPSA) is 56.5 Å². The van der Waals surface area contributed by atoms with Crippen LogP contribution < -0.4 is 16.0 Å². The molecule has 0 bridgehead atoms. The highest BCUT2D eigenvalue weighted by Crippen LogP contribution is 2.31. The van der Waals surface area contributed by atoms with Crippen molar-refractivity contribution >= 4 is 0 Å². The van der Waals surface area contributed by atoms with Gasteiger partial charge in [-0.2, -0.15) is 0 Å². The van der Waals surface area contributed by atoms with E-state index >= 15 is 0 Å². The zero-order valence-corrected chi connectivity index (χ0v) is 11.0. The number of hydrogen-bond acceptors (Lipinski definition) is 4. The van der Waals surface area contributed by atoms with Crippen LogP contribution in [0.4, 0.5) is 0 Å². The summed E-state index contributed by atoms with van der Waals surface area (Å²) >= 11 is 0.